The fourth-order valence-corrected chi connectivity index (χ4v) is 4.37. The number of halogens is 1. The number of alkyl halides is 1. The number of aromatic nitrogens is 1. The van der Waals surface area contributed by atoms with Gasteiger partial charge in [-0.05, 0) is 63.7 Å². The quantitative estimate of drug-likeness (QED) is 0.709. The van der Waals surface area contributed by atoms with Gasteiger partial charge in [0.05, 0.1) is 18.9 Å². The molecule has 0 bridgehead atoms. The largest absolute Gasteiger partial charge is 0.336 e. The van der Waals surface area contributed by atoms with Crippen molar-refractivity contribution in [2.75, 3.05) is 32.9 Å². The molecule has 1 atom stereocenters. The highest BCUT2D eigenvalue weighted by atomic mass is 19.1. The Morgan fingerprint density at radius 2 is 2.08 bits per heavy atom. The van der Waals surface area contributed by atoms with Gasteiger partial charge >= 0.3 is 0 Å². The molecule has 1 aromatic heterocycles. The number of nitrogens with zero attached hydrogens (tertiary/aromatic N) is 3. The predicted octanol–water partition coefficient (Wildman–Crippen LogP) is 3.43. The first-order valence-corrected chi connectivity index (χ1v) is 9.67. The van der Waals surface area contributed by atoms with Crippen molar-refractivity contribution in [3.05, 3.63) is 30.1 Å². The molecule has 0 saturated carbocycles. The van der Waals surface area contributed by atoms with Crippen LogP contribution in [0.2, 0.25) is 0 Å². The molecule has 0 radical (unpaired) electrons. The summed E-state index contributed by atoms with van der Waals surface area (Å²) < 4.78 is 12.2. The van der Waals surface area contributed by atoms with E-state index in [1.54, 1.807) is 6.20 Å². The summed E-state index contributed by atoms with van der Waals surface area (Å²) in [6.45, 7) is 4.56. The molecular weight excluding hydrogens is 317 g/mol. The van der Waals surface area contributed by atoms with Gasteiger partial charge in [0, 0.05) is 31.1 Å². The molecule has 1 aromatic rings. The van der Waals surface area contributed by atoms with Crippen LogP contribution in [0.5, 0.6) is 0 Å². The Hall–Kier alpha value is -1.49. The van der Waals surface area contributed by atoms with Crippen LogP contribution >= 0.6 is 0 Å². The molecule has 3 heterocycles. The second-order valence-electron chi connectivity index (χ2n) is 7.70. The summed E-state index contributed by atoms with van der Waals surface area (Å²) in [6.07, 6.45) is 8.61. The Labute approximate surface area is 150 Å². The summed E-state index contributed by atoms with van der Waals surface area (Å²) in [5.74, 6) is 0.261. The summed E-state index contributed by atoms with van der Waals surface area (Å²) in [5.41, 5.74) is 1.20. The van der Waals surface area contributed by atoms with E-state index < -0.39 is 0 Å². The zero-order chi connectivity index (χ0) is 17.5. The molecule has 2 aliphatic heterocycles. The van der Waals surface area contributed by atoms with Gasteiger partial charge in [0.15, 0.2) is 0 Å². The Kier molecular flexibility index (Phi) is 6.40. The van der Waals surface area contributed by atoms with Crippen LogP contribution < -0.4 is 0 Å². The first kappa shape index (κ1) is 18.3. The maximum absolute atomic E-state index is 12.4. The molecule has 25 heavy (non-hydrogen) atoms. The molecule has 0 unspecified atom stereocenters. The number of carbonyl (C=O) groups excluding carboxylic acids is 1. The number of likely N-dealkylation sites (tertiary alicyclic amines) is 2. The zero-order valence-electron chi connectivity index (χ0n) is 15.1. The predicted molar refractivity (Wildman–Crippen MR) is 96.8 cm³/mol. The Bertz CT molecular complexity index is 553. The molecular formula is C20H30FN3O. The number of hydrogen-bond donors (Lipinski definition) is 0. The van der Waals surface area contributed by atoms with E-state index in [-0.39, 0.29) is 18.0 Å². The van der Waals surface area contributed by atoms with Crippen LogP contribution in [0.3, 0.4) is 0 Å². The molecule has 1 spiro atoms. The maximum atomic E-state index is 12.4. The van der Waals surface area contributed by atoms with Gasteiger partial charge in [-0.2, -0.15) is 0 Å². The molecule has 138 valence electrons. The third kappa shape index (κ3) is 5.00. The second-order valence-corrected chi connectivity index (χ2v) is 7.70. The normalized spacial score (nSPS) is 24.8. The van der Waals surface area contributed by atoms with E-state index >= 15 is 0 Å². The maximum Gasteiger partial charge on any atom is 0.222 e. The summed E-state index contributed by atoms with van der Waals surface area (Å²) in [7, 11) is 0. The molecule has 0 aliphatic carbocycles. The average Bonchev–Trinajstić information content (AvgIpc) is 2.63. The van der Waals surface area contributed by atoms with Gasteiger partial charge in [-0.15, -0.1) is 0 Å². The summed E-state index contributed by atoms with van der Waals surface area (Å²) in [5, 5.41) is 0. The Balaban J connectivity index is 1.57. The smallest absolute Gasteiger partial charge is 0.222 e. The third-order valence-electron chi connectivity index (χ3n) is 5.68. The minimum Gasteiger partial charge on any atom is -0.336 e. The molecule has 2 fully saturated rings. The number of pyridine rings is 1. The number of hydrogen-bond acceptors (Lipinski definition) is 3. The van der Waals surface area contributed by atoms with Gasteiger partial charge in [-0.1, -0.05) is 6.07 Å². The number of carbonyl (C=O) groups is 1. The fourth-order valence-electron chi connectivity index (χ4n) is 4.37. The Morgan fingerprint density at radius 3 is 2.88 bits per heavy atom. The van der Waals surface area contributed by atoms with Gasteiger partial charge in [-0.25, -0.2) is 0 Å². The number of unbranched alkanes of at least 4 members (excludes halogenated alkanes) is 2. The number of rotatable bonds is 7. The minimum absolute atomic E-state index is 0.200. The van der Waals surface area contributed by atoms with Crippen molar-refractivity contribution < 1.29 is 9.18 Å². The highest BCUT2D eigenvalue weighted by Crippen LogP contribution is 2.39. The lowest BCUT2D eigenvalue weighted by atomic mass is 9.73. The van der Waals surface area contributed by atoms with E-state index in [4.69, 9.17) is 0 Å². The van der Waals surface area contributed by atoms with Crippen LogP contribution in [0.15, 0.2) is 24.4 Å². The van der Waals surface area contributed by atoms with E-state index in [2.05, 4.69) is 9.88 Å². The van der Waals surface area contributed by atoms with E-state index in [1.165, 1.54) is 12.8 Å². The van der Waals surface area contributed by atoms with Crippen LogP contribution in [-0.4, -0.2) is 53.5 Å². The lowest BCUT2D eigenvalue weighted by Gasteiger charge is -2.48. The monoisotopic (exact) mass is 347 g/mol. The fraction of sp³-hybridized carbons (Fsp3) is 0.700. The lowest BCUT2D eigenvalue weighted by molar-refractivity contribution is -0.140. The van der Waals surface area contributed by atoms with E-state index in [1.807, 2.05) is 23.1 Å². The minimum atomic E-state index is -0.200. The zero-order valence-corrected chi connectivity index (χ0v) is 15.1. The second kappa shape index (κ2) is 8.75. The number of amides is 1. The average molecular weight is 347 g/mol. The highest BCUT2D eigenvalue weighted by molar-refractivity contribution is 5.77. The van der Waals surface area contributed by atoms with E-state index in [9.17, 15) is 9.18 Å². The molecule has 0 N–H and O–H groups in total. The SMILES string of the molecule is O=C1CC[C@]2(CCCN(CCCCCF)C2)CN1Cc1ccccn1. The molecule has 3 rings (SSSR count). The van der Waals surface area contributed by atoms with E-state index in [0.717, 1.165) is 51.1 Å². The van der Waals surface area contributed by atoms with Gasteiger partial charge < -0.3 is 9.80 Å². The number of piperidine rings is 2. The van der Waals surface area contributed by atoms with Crippen molar-refractivity contribution in [2.45, 2.75) is 51.5 Å². The standard InChI is InChI=1S/C20H30FN3O/c21-11-3-1-5-13-23-14-6-9-20(16-23)10-8-19(25)24(17-20)15-18-7-2-4-12-22-18/h2,4,7,12H,1,3,5-6,8-11,13-17H2/t20-/m0/s1. The first-order chi connectivity index (χ1) is 12.2. The van der Waals surface area contributed by atoms with Gasteiger partial charge in [0.2, 0.25) is 5.91 Å². The first-order valence-electron chi connectivity index (χ1n) is 9.67. The van der Waals surface area contributed by atoms with Gasteiger partial charge in [-0.3, -0.25) is 14.2 Å². The molecule has 4 nitrogen and oxygen atoms in total. The van der Waals surface area contributed by atoms with E-state index in [0.29, 0.717) is 19.4 Å². The molecule has 1 amide bonds. The highest BCUT2D eigenvalue weighted by Gasteiger charge is 2.41. The van der Waals surface area contributed by atoms with Crippen LogP contribution in [0.25, 0.3) is 0 Å². The van der Waals surface area contributed by atoms with Crippen molar-refractivity contribution in [1.82, 2.24) is 14.8 Å². The summed E-state index contributed by atoms with van der Waals surface area (Å²) >= 11 is 0. The topological polar surface area (TPSA) is 36.4 Å². The molecule has 2 saturated heterocycles. The van der Waals surface area contributed by atoms with Crippen LogP contribution in [0, 0.1) is 5.41 Å². The summed E-state index contributed by atoms with van der Waals surface area (Å²) in [6, 6.07) is 5.88. The van der Waals surface area contributed by atoms with Crippen LogP contribution in [-0.2, 0) is 11.3 Å². The van der Waals surface area contributed by atoms with Crippen molar-refractivity contribution in [3.63, 3.8) is 0 Å². The van der Waals surface area contributed by atoms with Gasteiger partial charge in [0.25, 0.3) is 0 Å². The van der Waals surface area contributed by atoms with Crippen LogP contribution in [0.1, 0.15) is 50.6 Å². The molecule has 0 aromatic carbocycles. The Morgan fingerprint density at radius 1 is 1.16 bits per heavy atom. The van der Waals surface area contributed by atoms with Crippen LogP contribution in [0.4, 0.5) is 4.39 Å². The van der Waals surface area contributed by atoms with Crippen molar-refractivity contribution in [3.8, 4) is 0 Å². The van der Waals surface area contributed by atoms with Crippen molar-refractivity contribution in [2.24, 2.45) is 5.41 Å². The summed E-state index contributed by atoms with van der Waals surface area (Å²) in [4.78, 5) is 21.3. The lowest BCUT2D eigenvalue weighted by Crippen LogP contribution is -2.53. The van der Waals surface area contributed by atoms with Crippen molar-refractivity contribution >= 4 is 5.91 Å². The molecule has 5 heteroatoms. The van der Waals surface area contributed by atoms with Gasteiger partial charge in [0.1, 0.15) is 0 Å². The third-order valence-corrected chi connectivity index (χ3v) is 5.68. The molecule has 2 aliphatic rings. The van der Waals surface area contributed by atoms with Crippen molar-refractivity contribution in [1.29, 1.82) is 0 Å².